The average Bonchev–Trinajstić information content (AvgIpc) is 3.14. The van der Waals surface area contributed by atoms with Gasteiger partial charge in [0.1, 0.15) is 0 Å². The highest BCUT2D eigenvalue weighted by atomic mass is 32.3. The van der Waals surface area contributed by atoms with Crippen LogP contribution >= 0.6 is 0 Å². The number of hydrogen-bond acceptors (Lipinski definition) is 9. The maximum absolute atomic E-state index is 12.1. The van der Waals surface area contributed by atoms with E-state index in [-0.39, 0.29) is 31.6 Å². The van der Waals surface area contributed by atoms with Crippen LogP contribution in [0.25, 0.3) is 0 Å². The Morgan fingerprint density at radius 3 is 1.07 bits per heavy atom. The van der Waals surface area contributed by atoms with Gasteiger partial charge in [0.2, 0.25) is 0 Å². The van der Waals surface area contributed by atoms with Gasteiger partial charge in [0.05, 0.1) is 26.4 Å². The first-order valence-corrected chi connectivity index (χ1v) is 24.1. The summed E-state index contributed by atoms with van der Waals surface area (Å²) in [6.07, 6.45) is 39.7. The monoisotopic (exact) mass is 808 g/mol. The van der Waals surface area contributed by atoms with E-state index in [4.69, 9.17) is 19.8 Å². The molecule has 0 aromatic heterocycles. The minimum Gasteiger partial charge on any atom is -0.466 e. The highest BCUT2D eigenvalue weighted by Gasteiger charge is 2.28. The Morgan fingerprint density at radius 2 is 0.800 bits per heavy atom. The molecule has 2 unspecified atom stereocenters. The van der Waals surface area contributed by atoms with Crippen molar-refractivity contribution in [3.63, 3.8) is 0 Å². The lowest BCUT2D eigenvalue weighted by atomic mass is 9.90. The molecule has 0 saturated heterocycles. The van der Waals surface area contributed by atoms with E-state index in [1.54, 1.807) is 6.92 Å². The molecule has 0 heterocycles. The number of carbonyl (C=O) groups is 2. The lowest BCUT2D eigenvalue weighted by Crippen LogP contribution is -2.49. The molecule has 2 atom stereocenters. The predicted octanol–water partition coefficient (Wildman–Crippen LogP) is 11.9. The van der Waals surface area contributed by atoms with Gasteiger partial charge in [-0.1, -0.05) is 194 Å². The van der Waals surface area contributed by atoms with Crippen LogP contribution in [0.15, 0.2) is 0 Å². The third-order valence-corrected chi connectivity index (χ3v) is 10.9. The summed E-state index contributed by atoms with van der Waals surface area (Å²) in [5, 5.41) is 10.6. The molecule has 0 radical (unpaired) electrons. The zero-order valence-corrected chi connectivity index (χ0v) is 37.1. The molecule has 11 heteroatoms. The van der Waals surface area contributed by atoms with E-state index in [1.807, 2.05) is 0 Å². The van der Waals surface area contributed by atoms with Gasteiger partial charge in [-0.2, -0.15) is 8.42 Å². The fraction of sp³-hybridized carbons (Fsp3) is 0.955. The summed E-state index contributed by atoms with van der Waals surface area (Å²) >= 11 is 0. The van der Waals surface area contributed by atoms with E-state index < -0.39 is 22.0 Å². The number of carbonyl (C=O) groups excluding carboxylic acids is 2. The topological polar surface area (TPSA) is 162 Å². The van der Waals surface area contributed by atoms with Crippen LogP contribution in [0.4, 0.5) is 0 Å². The molecule has 0 aromatic carbocycles. The molecular weight excluding hydrogens is 719 g/mol. The minimum absolute atomic E-state index is 0.157. The first kappa shape index (κ1) is 55.8. The summed E-state index contributed by atoms with van der Waals surface area (Å²) in [6, 6.07) is 0. The van der Waals surface area contributed by atoms with E-state index in [9.17, 15) is 23.1 Å². The summed E-state index contributed by atoms with van der Waals surface area (Å²) < 4.78 is 40.5. The SMILES string of the molecule is CCCCCCCCCCCCCCCCCC(=O)OCCC(O)C(C)(N)CCOC(=O)CCCCCCCCCCCCCCCCC.COS(=O)(=O)O. The number of aliphatic hydroxyl groups is 1. The van der Waals surface area contributed by atoms with Crippen molar-refractivity contribution in [3.05, 3.63) is 0 Å². The van der Waals surface area contributed by atoms with Crippen molar-refractivity contribution in [3.8, 4) is 0 Å². The maximum atomic E-state index is 12.1. The normalized spacial score (nSPS) is 13.1. The number of nitrogens with two attached hydrogens (primary N) is 1. The van der Waals surface area contributed by atoms with Gasteiger partial charge >= 0.3 is 22.3 Å². The van der Waals surface area contributed by atoms with Crippen molar-refractivity contribution in [1.29, 1.82) is 0 Å². The number of ether oxygens (including phenoxy) is 2. The van der Waals surface area contributed by atoms with E-state index in [2.05, 4.69) is 18.0 Å². The largest absolute Gasteiger partial charge is 0.466 e. The summed E-state index contributed by atoms with van der Waals surface area (Å²) in [7, 11) is -3.29. The second-order valence-electron chi connectivity index (χ2n) is 16.0. The molecule has 0 bridgehead atoms. The number of rotatable bonds is 40. The van der Waals surface area contributed by atoms with Crippen molar-refractivity contribution >= 4 is 22.3 Å². The number of hydrogen-bond donors (Lipinski definition) is 3. The molecule has 55 heavy (non-hydrogen) atoms. The van der Waals surface area contributed by atoms with Crippen LogP contribution in [0.3, 0.4) is 0 Å². The second kappa shape index (κ2) is 40.9. The predicted molar refractivity (Wildman–Crippen MR) is 227 cm³/mol. The first-order valence-electron chi connectivity index (χ1n) is 22.7. The Balaban J connectivity index is 0. The zero-order valence-electron chi connectivity index (χ0n) is 36.3. The standard InChI is InChI=1S/C43H85NO5.CH4O4S/c1-4-6-8-10-12-14-16-18-20-22-24-26-28-30-32-34-41(46)48-38-36-40(45)43(3,44)37-39-49-42(47)35-33-31-29-27-25-23-21-19-17-15-13-11-9-7-5-2;1-5-6(2,3)4/h40,45H,4-39,44H2,1-3H3;1H3,(H,2,3,4). The van der Waals surface area contributed by atoms with Gasteiger partial charge in [0.25, 0.3) is 0 Å². The van der Waals surface area contributed by atoms with Crippen LogP contribution in [-0.4, -0.2) is 62.0 Å². The minimum atomic E-state index is -4.16. The molecule has 0 amide bonds. The summed E-state index contributed by atoms with van der Waals surface area (Å²) in [5.74, 6) is -0.388. The Bertz CT molecular complexity index is 946. The Hall–Kier alpha value is -1.27. The van der Waals surface area contributed by atoms with Crippen LogP contribution < -0.4 is 5.73 Å². The third kappa shape index (κ3) is 45.3. The van der Waals surface area contributed by atoms with Crippen LogP contribution in [0.5, 0.6) is 0 Å². The Kier molecular flexibility index (Phi) is 41.5. The molecule has 330 valence electrons. The molecule has 0 rings (SSSR count). The van der Waals surface area contributed by atoms with Crippen LogP contribution in [0.2, 0.25) is 0 Å². The molecule has 0 aliphatic heterocycles. The first-order chi connectivity index (χ1) is 26.4. The average molecular weight is 808 g/mol. The molecule has 4 N–H and O–H groups in total. The zero-order chi connectivity index (χ0) is 41.3. The molecule has 0 fully saturated rings. The molecule has 0 saturated carbocycles. The third-order valence-electron chi connectivity index (χ3n) is 10.5. The summed E-state index contributed by atoms with van der Waals surface area (Å²) in [6.45, 7) is 6.66. The lowest BCUT2D eigenvalue weighted by molar-refractivity contribution is -0.146. The number of unbranched alkanes of at least 4 members (excludes halogenated alkanes) is 28. The molecule has 0 aliphatic rings. The van der Waals surface area contributed by atoms with Gasteiger partial charge in [-0.3, -0.25) is 18.3 Å². The molecule has 0 aliphatic carbocycles. The Labute approximate surface area is 339 Å². The lowest BCUT2D eigenvalue weighted by Gasteiger charge is -2.30. The van der Waals surface area contributed by atoms with Crippen molar-refractivity contribution in [1.82, 2.24) is 0 Å². The van der Waals surface area contributed by atoms with Gasteiger partial charge in [-0.05, 0) is 19.8 Å². The van der Waals surface area contributed by atoms with Crippen molar-refractivity contribution in [2.75, 3.05) is 20.3 Å². The van der Waals surface area contributed by atoms with Gasteiger partial charge in [-0.15, -0.1) is 0 Å². The fourth-order valence-electron chi connectivity index (χ4n) is 6.59. The van der Waals surface area contributed by atoms with Crippen LogP contribution in [0, 0.1) is 0 Å². The van der Waals surface area contributed by atoms with Crippen LogP contribution in [0.1, 0.15) is 239 Å². The van der Waals surface area contributed by atoms with Gasteiger partial charge in [0.15, 0.2) is 0 Å². The van der Waals surface area contributed by atoms with Gasteiger partial charge in [-0.25, -0.2) is 0 Å². The summed E-state index contributed by atoms with van der Waals surface area (Å²) in [5.41, 5.74) is 5.41. The summed E-state index contributed by atoms with van der Waals surface area (Å²) in [4.78, 5) is 24.3. The van der Waals surface area contributed by atoms with Gasteiger partial charge in [0, 0.05) is 31.2 Å². The molecule has 10 nitrogen and oxygen atoms in total. The van der Waals surface area contributed by atoms with E-state index in [0.717, 1.165) is 32.8 Å². The van der Waals surface area contributed by atoms with Crippen molar-refractivity contribution in [2.45, 2.75) is 251 Å². The smallest absolute Gasteiger partial charge is 0.397 e. The molecule has 0 aromatic rings. The highest BCUT2D eigenvalue weighted by Crippen LogP contribution is 2.18. The Morgan fingerprint density at radius 1 is 0.545 bits per heavy atom. The number of esters is 2. The van der Waals surface area contributed by atoms with Crippen LogP contribution in [-0.2, 0) is 33.6 Å². The van der Waals surface area contributed by atoms with Gasteiger partial charge < -0.3 is 20.3 Å². The van der Waals surface area contributed by atoms with Crippen molar-refractivity contribution in [2.24, 2.45) is 5.73 Å². The maximum Gasteiger partial charge on any atom is 0.397 e. The van der Waals surface area contributed by atoms with E-state index in [0.29, 0.717) is 19.3 Å². The fourth-order valence-corrected chi connectivity index (χ4v) is 6.59. The van der Waals surface area contributed by atoms with E-state index >= 15 is 0 Å². The van der Waals surface area contributed by atoms with Crippen molar-refractivity contribution < 1.29 is 41.3 Å². The molecule has 0 spiro atoms. The highest BCUT2D eigenvalue weighted by molar-refractivity contribution is 7.80. The molecular formula is C44H89NO9S. The van der Waals surface area contributed by atoms with E-state index in [1.165, 1.54) is 167 Å². The quantitative estimate of drug-likeness (QED) is 0.0308. The number of aliphatic hydroxyl groups excluding tert-OH is 1. The second-order valence-corrected chi connectivity index (χ2v) is 17.2.